The monoisotopic (exact) mass is 566 g/mol. The number of aliphatic hydroxyl groups excluding tert-OH is 1. The average molecular weight is 567 g/mol. The molecule has 1 N–H and O–H groups in total. The van der Waals surface area contributed by atoms with Crippen molar-refractivity contribution in [2.75, 3.05) is 19.8 Å². The van der Waals surface area contributed by atoms with Gasteiger partial charge in [0.15, 0.2) is 18.0 Å². The maximum atomic E-state index is 13.9. The molecule has 39 heavy (non-hydrogen) atoms. The van der Waals surface area contributed by atoms with Crippen LogP contribution in [0, 0.1) is 22.7 Å². The molecule has 4 rings (SSSR count). The van der Waals surface area contributed by atoms with Crippen molar-refractivity contribution < 1.29 is 43.2 Å². The van der Waals surface area contributed by atoms with Crippen molar-refractivity contribution in [3.05, 3.63) is 23.8 Å². The molecular formula is C29H39ClO9. The molecule has 0 aromatic heterocycles. The van der Waals surface area contributed by atoms with E-state index >= 15 is 0 Å². The number of aliphatic hydroxyl groups is 1. The lowest BCUT2D eigenvalue weighted by Crippen LogP contribution is -2.69. The van der Waals surface area contributed by atoms with Crippen LogP contribution in [-0.4, -0.2) is 65.4 Å². The third-order valence-corrected chi connectivity index (χ3v) is 10.6. The third-order valence-electron chi connectivity index (χ3n) is 9.64. The van der Waals surface area contributed by atoms with E-state index in [0.29, 0.717) is 32.1 Å². The molecule has 216 valence electrons. The van der Waals surface area contributed by atoms with Crippen molar-refractivity contribution in [3.8, 4) is 0 Å². The fourth-order valence-electron chi connectivity index (χ4n) is 7.71. The highest BCUT2D eigenvalue weighted by Gasteiger charge is 2.74. The van der Waals surface area contributed by atoms with E-state index in [1.54, 1.807) is 12.2 Å². The number of allylic oxidation sites excluding steroid dienone is 4. The number of hydrogen-bond donors (Lipinski definition) is 1. The lowest BCUT2D eigenvalue weighted by Gasteiger charge is -2.63. The van der Waals surface area contributed by atoms with Gasteiger partial charge in [0.25, 0.3) is 0 Å². The molecule has 0 aliphatic heterocycles. The number of ether oxygens (including phenoxy) is 4. The Morgan fingerprint density at radius 1 is 1.03 bits per heavy atom. The van der Waals surface area contributed by atoms with Crippen LogP contribution in [0.3, 0.4) is 0 Å². The molecular weight excluding hydrogens is 528 g/mol. The largest absolute Gasteiger partial charge is 0.509 e. The van der Waals surface area contributed by atoms with E-state index in [-0.39, 0.29) is 43.7 Å². The minimum absolute atomic E-state index is 0.0649. The quantitative estimate of drug-likeness (QED) is 0.317. The predicted octanol–water partition coefficient (Wildman–Crippen LogP) is 5.06. The van der Waals surface area contributed by atoms with Crippen LogP contribution in [-0.2, 0) is 28.5 Å². The van der Waals surface area contributed by atoms with E-state index < -0.39 is 52.1 Å². The summed E-state index contributed by atoms with van der Waals surface area (Å²) in [6.07, 6.45) is 5.01. The van der Waals surface area contributed by atoms with Gasteiger partial charge in [0, 0.05) is 10.8 Å². The van der Waals surface area contributed by atoms with Gasteiger partial charge in [-0.2, -0.15) is 0 Å². The molecule has 0 aromatic carbocycles. The van der Waals surface area contributed by atoms with Crippen LogP contribution in [0.1, 0.15) is 72.6 Å². The molecule has 4 aliphatic carbocycles. The van der Waals surface area contributed by atoms with Crippen molar-refractivity contribution in [1.82, 2.24) is 0 Å². The summed E-state index contributed by atoms with van der Waals surface area (Å²) in [5.74, 6) is -1.13. The summed E-state index contributed by atoms with van der Waals surface area (Å²) >= 11 is 7.46. The zero-order valence-electron chi connectivity index (χ0n) is 23.1. The summed E-state index contributed by atoms with van der Waals surface area (Å²) in [7, 11) is 0. The second-order valence-corrected chi connectivity index (χ2v) is 12.3. The Hall–Kier alpha value is -2.39. The molecule has 0 spiro atoms. The van der Waals surface area contributed by atoms with Crippen molar-refractivity contribution in [2.45, 2.75) is 89.2 Å². The van der Waals surface area contributed by atoms with Crippen LogP contribution in [0.4, 0.5) is 9.59 Å². The molecule has 7 atom stereocenters. The molecule has 4 aliphatic rings. The van der Waals surface area contributed by atoms with Crippen LogP contribution in [0.5, 0.6) is 0 Å². The van der Waals surface area contributed by atoms with Gasteiger partial charge in [-0.3, -0.25) is 9.59 Å². The molecule has 0 amide bonds. The van der Waals surface area contributed by atoms with Gasteiger partial charge in [-0.05, 0) is 68.9 Å². The Labute approximate surface area is 234 Å². The molecule has 0 aromatic rings. The highest BCUT2D eigenvalue weighted by atomic mass is 35.5. The van der Waals surface area contributed by atoms with E-state index in [0.717, 1.165) is 5.57 Å². The first-order chi connectivity index (χ1) is 18.4. The fourth-order valence-corrected chi connectivity index (χ4v) is 8.23. The van der Waals surface area contributed by atoms with E-state index in [4.69, 9.17) is 30.5 Å². The van der Waals surface area contributed by atoms with Crippen LogP contribution in [0.25, 0.3) is 0 Å². The van der Waals surface area contributed by atoms with Crippen molar-refractivity contribution in [2.24, 2.45) is 22.7 Å². The van der Waals surface area contributed by atoms with Crippen LogP contribution >= 0.6 is 11.6 Å². The van der Waals surface area contributed by atoms with Gasteiger partial charge in [0.1, 0.15) is 0 Å². The zero-order valence-corrected chi connectivity index (χ0v) is 23.9. The lowest BCUT2D eigenvalue weighted by atomic mass is 9.45. The van der Waals surface area contributed by atoms with E-state index in [9.17, 15) is 24.3 Å². The van der Waals surface area contributed by atoms with Crippen molar-refractivity contribution >= 4 is 35.5 Å². The van der Waals surface area contributed by atoms with Gasteiger partial charge in [-0.1, -0.05) is 39.3 Å². The molecule has 0 heterocycles. The Morgan fingerprint density at radius 2 is 1.69 bits per heavy atom. The molecule has 0 radical (unpaired) electrons. The second kappa shape index (κ2) is 10.9. The van der Waals surface area contributed by atoms with Crippen LogP contribution < -0.4 is 0 Å². The molecule has 1 unspecified atom stereocenters. The molecule has 3 saturated carbocycles. The number of fused-ring (bicyclic) bond motifs is 5. The van der Waals surface area contributed by atoms with Crippen molar-refractivity contribution in [1.29, 1.82) is 0 Å². The zero-order chi connectivity index (χ0) is 28.6. The van der Waals surface area contributed by atoms with Gasteiger partial charge in [-0.25, -0.2) is 9.59 Å². The highest BCUT2D eigenvalue weighted by Crippen LogP contribution is 2.71. The minimum atomic E-state index is -1.69. The van der Waals surface area contributed by atoms with Gasteiger partial charge >= 0.3 is 12.3 Å². The first-order valence-electron chi connectivity index (χ1n) is 13.9. The summed E-state index contributed by atoms with van der Waals surface area (Å²) in [5, 5.41) is 11.8. The first-order valence-corrected chi connectivity index (χ1v) is 14.3. The number of hydrogen-bond acceptors (Lipinski definition) is 9. The lowest BCUT2D eigenvalue weighted by molar-refractivity contribution is -0.179. The highest BCUT2D eigenvalue weighted by molar-refractivity contribution is 6.26. The normalized spacial score (nSPS) is 38.6. The van der Waals surface area contributed by atoms with Gasteiger partial charge in [-0.15, -0.1) is 11.6 Å². The SMILES string of the molecule is CCCOC(=O)OCC(=O)[C@@]1(OC(=O)OCCC)CC[C@H]2[C@@H]3CCC4=CC(=O)C=C[C@]4(C)[C@@]3(Cl)C(O)C[C@@]21C. The Balaban J connectivity index is 1.69. The average Bonchev–Trinajstić information content (AvgIpc) is 3.18. The van der Waals surface area contributed by atoms with Crippen LogP contribution in [0.2, 0.25) is 0 Å². The first kappa shape index (κ1) is 29.6. The number of rotatable bonds is 8. The van der Waals surface area contributed by atoms with Crippen LogP contribution in [0.15, 0.2) is 23.8 Å². The summed E-state index contributed by atoms with van der Waals surface area (Å²) in [5.41, 5.74) is -2.57. The molecule has 0 saturated heterocycles. The summed E-state index contributed by atoms with van der Waals surface area (Å²) in [6, 6.07) is 0. The fraction of sp³-hybridized carbons (Fsp3) is 0.724. The Kier molecular flexibility index (Phi) is 8.26. The second-order valence-electron chi connectivity index (χ2n) is 11.6. The smallest absolute Gasteiger partial charge is 0.434 e. The molecule has 9 nitrogen and oxygen atoms in total. The topological polar surface area (TPSA) is 125 Å². The number of Topliss-reactive ketones (excluding diaryl/α,β-unsaturated/α-hetero) is 1. The summed E-state index contributed by atoms with van der Waals surface area (Å²) in [6.45, 7) is 7.10. The van der Waals surface area contributed by atoms with Gasteiger partial charge in [0.2, 0.25) is 5.78 Å². The Morgan fingerprint density at radius 3 is 2.36 bits per heavy atom. The maximum absolute atomic E-state index is 13.9. The number of carbonyl (C=O) groups excluding carboxylic acids is 4. The minimum Gasteiger partial charge on any atom is -0.434 e. The molecule has 0 bridgehead atoms. The van der Waals surface area contributed by atoms with E-state index in [2.05, 4.69) is 0 Å². The molecule has 3 fully saturated rings. The third kappa shape index (κ3) is 4.59. The maximum Gasteiger partial charge on any atom is 0.509 e. The molecule has 10 heteroatoms. The number of alkyl halides is 1. The van der Waals surface area contributed by atoms with E-state index in [1.165, 1.54) is 6.08 Å². The number of ketones is 2. The number of halogens is 1. The Bertz CT molecular complexity index is 1080. The predicted molar refractivity (Wildman–Crippen MR) is 141 cm³/mol. The van der Waals surface area contributed by atoms with Gasteiger partial charge in [0.05, 0.1) is 24.2 Å². The standard InChI is InChI=1S/C29H39ClO9/c1-5-13-36-24(34)38-17-23(33)28(39-25(35)37-14-6-2)12-10-20-21-8-7-18-15-19(31)9-11-26(18,3)29(21,30)22(32)16-27(20,28)4/h9,11,15,20-22,32H,5-8,10,12-14,16-17H2,1-4H3/t20-,21-,22?,26-,27-,28-,29-/m0/s1. The van der Waals surface area contributed by atoms with Gasteiger partial charge < -0.3 is 24.1 Å². The summed E-state index contributed by atoms with van der Waals surface area (Å²) in [4.78, 5) is 49.7. The van der Waals surface area contributed by atoms with E-state index in [1.807, 2.05) is 27.7 Å². The van der Waals surface area contributed by atoms with Crippen molar-refractivity contribution in [3.63, 3.8) is 0 Å². The number of carbonyl (C=O) groups is 4. The summed E-state index contributed by atoms with van der Waals surface area (Å²) < 4.78 is 21.1.